The summed E-state index contributed by atoms with van der Waals surface area (Å²) in [6, 6.07) is 14.9. The van der Waals surface area contributed by atoms with Gasteiger partial charge in [0.1, 0.15) is 5.69 Å². The molecule has 0 aliphatic rings. The second-order valence-electron chi connectivity index (χ2n) is 8.01. The third-order valence-corrected chi connectivity index (χ3v) is 5.32. The van der Waals surface area contributed by atoms with Crippen molar-refractivity contribution in [2.24, 2.45) is 0 Å². The van der Waals surface area contributed by atoms with Crippen LogP contribution in [0.2, 0.25) is 0 Å². The van der Waals surface area contributed by atoms with Gasteiger partial charge in [-0.1, -0.05) is 42.5 Å². The Morgan fingerprint density at radius 3 is 2.14 bits per heavy atom. The van der Waals surface area contributed by atoms with Gasteiger partial charge in [0.05, 0.1) is 24.0 Å². The van der Waals surface area contributed by atoms with E-state index in [-0.39, 0.29) is 29.4 Å². The molecule has 0 aliphatic heterocycles. The Morgan fingerprint density at radius 2 is 1.57 bits per heavy atom. The predicted molar refractivity (Wildman–Crippen MR) is 118 cm³/mol. The second kappa shape index (κ2) is 11.2. The van der Waals surface area contributed by atoms with Crippen molar-refractivity contribution in [3.05, 3.63) is 89.1 Å². The average Bonchev–Trinajstić information content (AvgIpc) is 2.82. The molecule has 2 atom stereocenters. The van der Waals surface area contributed by atoms with E-state index in [1.54, 1.807) is 0 Å². The Labute approximate surface area is 198 Å². The van der Waals surface area contributed by atoms with Crippen LogP contribution >= 0.6 is 0 Å². The van der Waals surface area contributed by atoms with E-state index in [2.05, 4.69) is 10.3 Å². The molecule has 0 aliphatic carbocycles. The third kappa shape index (κ3) is 7.51. The van der Waals surface area contributed by atoms with Gasteiger partial charge in [-0.3, -0.25) is 0 Å². The minimum Gasteiger partial charge on any atom is -0.387 e. The number of hydrogen-bond acceptors (Lipinski definition) is 4. The van der Waals surface area contributed by atoms with E-state index in [0.29, 0.717) is 13.0 Å². The average molecular weight is 498 g/mol. The fourth-order valence-electron chi connectivity index (χ4n) is 3.55. The van der Waals surface area contributed by atoms with E-state index < -0.39 is 29.7 Å². The van der Waals surface area contributed by atoms with E-state index >= 15 is 0 Å². The molecule has 3 rings (SSSR count). The highest BCUT2D eigenvalue weighted by Gasteiger charge is 2.34. The molecule has 188 valence electrons. The first-order valence-electron chi connectivity index (χ1n) is 10.7. The van der Waals surface area contributed by atoms with Gasteiger partial charge >= 0.3 is 12.4 Å². The van der Waals surface area contributed by atoms with E-state index in [4.69, 9.17) is 4.74 Å². The first-order chi connectivity index (χ1) is 16.5. The molecule has 0 spiro atoms. The standard InChI is InChI=1S/C25H24F6N2O2/c1-35-15-20(11-16-5-3-2-4-6-16)32-14-22(34)18-12-21(33-23(13-18)25(29,30)31)17-7-9-19(10-8-17)24(26,27)28/h2-10,12-13,20,22,32,34H,11,14-15H2,1H3/t20-,22+/m0/s1. The van der Waals surface area contributed by atoms with E-state index in [9.17, 15) is 31.4 Å². The number of aliphatic hydroxyl groups excluding tert-OH is 1. The fourth-order valence-corrected chi connectivity index (χ4v) is 3.55. The monoisotopic (exact) mass is 498 g/mol. The molecule has 1 aromatic heterocycles. The number of hydrogen-bond donors (Lipinski definition) is 2. The number of alkyl halides is 6. The maximum atomic E-state index is 13.5. The summed E-state index contributed by atoms with van der Waals surface area (Å²) in [6.45, 7) is 0.233. The van der Waals surface area contributed by atoms with Gasteiger partial charge < -0.3 is 15.2 Å². The number of aromatic nitrogens is 1. The van der Waals surface area contributed by atoms with Crippen LogP contribution in [0.5, 0.6) is 0 Å². The molecule has 2 N–H and O–H groups in total. The van der Waals surface area contributed by atoms with Crippen LogP contribution in [0.15, 0.2) is 66.7 Å². The first kappa shape index (κ1) is 26.7. The summed E-state index contributed by atoms with van der Waals surface area (Å²) in [7, 11) is 1.52. The highest BCUT2D eigenvalue weighted by molar-refractivity contribution is 5.61. The van der Waals surface area contributed by atoms with Gasteiger partial charge in [-0.2, -0.15) is 26.3 Å². The van der Waals surface area contributed by atoms with Gasteiger partial charge in [0.25, 0.3) is 0 Å². The summed E-state index contributed by atoms with van der Waals surface area (Å²) in [5, 5.41) is 13.8. The molecule has 0 unspecified atom stereocenters. The van der Waals surface area contributed by atoms with Gasteiger partial charge in [0.2, 0.25) is 0 Å². The Balaban J connectivity index is 1.83. The van der Waals surface area contributed by atoms with E-state index in [0.717, 1.165) is 35.9 Å². The van der Waals surface area contributed by atoms with Crippen molar-refractivity contribution in [3.63, 3.8) is 0 Å². The van der Waals surface area contributed by atoms with Crippen LogP contribution in [0.4, 0.5) is 26.3 Å². The molecule has 0 saturated carbocycles. The summed E-state index contributed by atoms with van der Waals surface area (Å²) in [5.41, 5.74) is -1.36. The van der Waals surface area contributed by atoms with Crippen molar-refractivity contribution >= 4 is 0 Å². The SMILES string of the molecule is COC[C@H](Cc1ccccc1)NC[C@@H](O)c1cc(-c2ccc(C(F)(F)F)cc2)nc(C(F)(F)F)c1. The van der Waals surface area contributed by atoms with Crippen LogP contribution in [0, 0.1) is 0 Å². The molecule has 2 aromatic carbocycles. The number of nitrogens with one attached hydrogen (secondary N) is 1. The van der Waals surface area contributed by atoms with Crippen LogP contribution in [0.1, 0.15) is 28.5 Å². The highest BCUT2D eigenvalue weighted by Crippen LogP contribution is 2.34. The topological polar surface area (TPSA) is 54.4 Å². The van der Waals surface area contributed by atoms with Gasteiger partial charge in [0.15, 0.2) is 0 Å². The Kier molecular flexibility index (Phi) is 8.52. The van der Waals surface area contributed by atoms with E-state index in [1.807, 2.05) is 30.3 Å². The number of aliphatic hydroxyl groups is 1. The van der Waals surface area contributed by atoms with Crippen LogP contribution in [-0.2, 0) is 23.5 Å². The highest BCUT2D eigenvalue weighted by atomic mass is 19.4. The zero-order chi connectivity index (χ0) is 25.6. The van der Waals surface area contributed by atoms with Crippen LogP contribution in [-0.4, -0.2) is 36.4 Å². The normalized spacial score (nSPS) is 14.1. The lowest BCUT2D eigenvalue weighted by atomic mass is 10.0. The first-order valence-corrected chi connectivity index (χ1v) is 10.7. The van der Waals surface area contributed by atoms with Crippen molar-refractivity contribution in [1.82, 2.24) is 10.3 Å². The smallest absolute Gasteiger partial charge is 0.387 e. The zero-order valence-corrected chi connectivity index (χ0v) is 18.7. The Bertz CT molecular complexity index is 1090. The molecule has 1 heterocycles. The molecular weight excluding hydrogens is 474 g/mol. The van der Waals surface area contributed by atoms with E-state index in [1.165, 1.54) is 13.2 Å². The molecular formula is C25H24F6N2O2. The van der Waals surface area contributed by atoms with Gasteiger partial charge in [-0.25, -0.2) is 4.98 Å². The lowest BCUT2D eigenvalue weighted by molar-refractivity contribution is -0.141. The zero-order valence-electron chi connectivity index (χ0n) is 18.7. The number of nitrogens with zero attached hydrogens (tertiary/aromatic N) is 1. The molecule has 4 nitrogen and oxygen atoms in total. The maximum absolute atomic E-state index is 13.5. The number of rotatable bonds is 9. The molecule has 35 heavy (non-hydrogen) atoms. The van der Waals surface area contributed by atoms with Crippen molar-refractivity contribution in [2.75, 3.05) is 20.3 Å². The largest absolute Gasteiger partial charge is 0.433 e. The molecule has 0 fully saturated rings. The lowest BCUT2D eigenvalue weighted by Crippen LogP contribution is -2.38. The summed E-state index contributed by atoms with van der Waals surface area (Å²) in [4.78, 5) is 3.57. The number of methoxy groups -OCH3 is 1. The number of pyridine rings is 1. The van der Waals surface area contributed by atoms with Gasteiger partial charge in [-0.15, -0.1) is 0 Å². The molecule has 0 radical (unpaired) electrons. The number of ether oxygens (including phenoxy) is 1. The van der Waals surface area contributed by atoms with Crippen LogP contribution in [0.25, 0.3) is 11.3 Å². The Morgan fingerprint density at radius 1 is 0.914 bits per heavy atom. The predicted octanol–water partition coefficient (Wildman–Crippen LogP) is 5.67. The third-order valence-electron chi connectivity index (χ3n) is 5.32. The van der Waals surface area contributed by atoms with Crippen molar-refractivity contribution in [3.8, 4) is 11.3 Å². The number of benzene rings is 2. The molecule has 3 aromatic rings. The Hall–Kier alpha value is -2.95. The summed E-state index contributed by atoms with van der Waals surface area (Å²) in [6.07, 6.45) is -10.1. The minimum atomic E-state index is -4.81. The van der Waals surface area contributed by atoms with Crippen molar-refractivity contribution in [1.29, 1.82) is 0 Å². The molecule has 0 bridgehead atoms. The van der Waals surface area contributed by atoms with Gasteiger partial charge in [0, 0.05) is 25.3 Å². The van der Waals surface area contributed by atoms with Crippen LogP contribution in [0.3, 0.4) is 0 Å². The van der Waals surface area contributed by atoms with Crippen molar-refractivity contribution in [2.45, 2.75) is 30.9 Å². The fraction of sp³-hybridized carbons (Fsp3) is 0.320. The summed E-state index contributed by atoms with van der Waals surface area (Å²) >= 11 is 0. The second-order valence-corrected chi connectivity index (χ2v) is 8.01. The molecule has 0 saturated heterocycles. The molecule has 0 amide bonds. The number of halogens is 6. The van der Waals surface area contributed by atoms with Crippen LogP contribution < -0.4 is 5.32 Å². The maximum Gasteiger partial charge on any atom is 0.433 e. The van der Waals surface area contributed by atoms with Crippen molar-refractivity contribution < 1.29 is 36.2 Å². The van der Waals surface area contributed by atoms with Gasteiger partial charge in [-0.05, 0) is 41.8 Å². The summed E-state index contributed by atoms with van der Waals surface area (Å²) < 4.78 is 84.2. The lowest BCUT2D eigenvalue weighted by Gasteiger charge is -2.21. The molecule has 10 heteroatoms. The quantitative estimate of drug-likeness (QED) is 0.374. The summed E-state index contributed by atoms with van der Waals surface area (Å²) in [5.74, 6) is 0. The minimum absolute atomic E-state index is 0.0619.